The molecule has 2 aromatic heterocycles. The fraction of sp³-hybridized carbons (Fsp3) is 0. The predicted molar refractivity (Wildman–Crippen MR) is 74.6 cm³/mol. The van der Waals surface area contributed by atoms with Gasteiger partial charge >= 0.3 is 0 Å². The SMILES string of the molecule is Cl.N/C(=N\N=C\c1ccoc1)N/N=C/c1ccoc1. The second-order valence-corrected chi connectivity index (χ2v) is 3.21. The first-order valence-corrected chi connectivity index (χ1v) is 5.04. The molecule has 19 heavy (non-hydrogen) atoms. The van der Waals surface area contributed by atoms with Crippen LogP contribution in [-0.2, 0) is 0 Å². The van der Waals surface area contributed by atoms with Crippen molar-refractivity contribution in [3.63, 3.8) is 0 Å². The van der Waals surface area contributed by atoms with Crippen molar-refractivity contribution in [3.05, 3.63) is 48.3 Å². The minimum absolute atomic E-state index is 0. The molecular weight excluding hydrogens is 270 g/mol. The molecule has 0 aliphatic rings. The summed E-state index contributed by atoms with van der Waals surface area (Å²) in [7, 11) is 0. The van der Waals surface area contributed by atoms with E-state index in [0.717, 1.165) is 11.1 Å². The smallest absolute Gasteiger partial charge is 0.234 e. The molecule has 0 bridgehead atoms. The molecule has 2 aromatic rings. The lowest BCUT2D eigenvalue weighted by Gasteiger charge is -1.94. The number of furan rings is 2. The number of guanidine groups is 1. The predicted octanol–water partition coefficient (Wildman–Crippen LogP) is 1.57. The summed E-state index contributed by atoms with van der Waals surface area (Å²) in [6.45, 7) is 0. The Labute approximate surface area is 115 Å². The molecule has 0 radical (unpaired) electrons. The Kier molecular flexibility index (Phi) is 5.90. The first-order chi connectivity index (χ1) is 8.84. The van der Waals surface area contributed by atoms with Gasteiger partial charge in [0, 0.05) is 11.1 Å². The van der Waals surface area contributed by atoms with Crippen molar-refractivity contribution >= 4 is 30.8 Å². The molecule has 0 aliphatic heterocycles. The van der Waals surface area contributed by atoms with E-state index in [0.29, 0.717) is 0 Å². The van der Waals surface area contributed by atoms with Gasteiger partial charge in [-0.15, -0.1) is 17.5 Å². The van der Waals surface area contributed by atoms with Crippen molar-refractivity contribution in [3.8, 4) is 0 Å². The van der Waals surface area contributed by atoms with Crippen LogP contribution in [0.15, 0.2) is 61.3 Å². The van der Waals surface area contributed by atoms with Gasteiger partial charge in [-0.05, 0) is 12.1 Å². The van der Waals surface area contributed by atoms with E-state index >= 15 is 0 Å². The maximum Gasteiger partial charge on any atom is 0.234 e. The Hall–Kier alpha value is -2.54. The van der Waals surface area contributed by atoms with E-state index in [2.05, 4.69) is 20.7 Å². The van der Waals surface area contributed by atoms with Crippen molar-refractivity contribution in [2.45, 2.75) is 0 Å². The van der Waals surface area contributed by atoms with Crippen LogP contribution in [0.5, 0.6) is 0 Å². The number of rotatable bonds is 4. The normalized spacial score (nSPS) is 11.9. The summed E-state index contributed by atoms with van der Waals surface area (Å²) >= 11 is 0. The first-order valence-electron chi connectivity index (χ1n) is 5.04. The maximum atomic E-state index is 5.52. The summed E-state index contributed by atoms with van der Waals surface area (Å²) in [6.07, 6.45) is 9.24. The molecule has 0 aliphatic carbocycles. The van der Waals surface area contributed by atoms with Crippen molar-refractivity contribution in [2.24, 2.45) is 21.0 Å². The molecular formula is C11H12ClN5O2. The topological polar surface area (TPSA) is 101 Å². The number of nitrogens with zero attached hydrogens (tertiary/aromatic N) is 3. The highest BCUT2D eigenvalue weighted by atomic mass is 35.5. The van der Waals surface area contributed by atoms with Crippen LogP contribution in [0.1, 0.15) is 11.1 Å². The van der Waals surface area contributed by atoms with E-state index in [9.17, 15) is 0 Å². The zero-order chi connectivity index (χ0) is 12.6. The van der Waals surface area contributed by atoms with E-state index in [4.69, 9.17) is 14.6 Å². The van der Waals surface area contributed by atoms with Crippen molar-refractivity contribution in [2.75, 3.05) is 0 Å². The molecule has 3 N–H and O–H groups in total. The number of nitrogens with one attached hydrogen (secondary N) is 1. The number of hydrogen-bond acceptors (Lipinski definition) is 5. The average molecular weight is 282 g/mol. The van der Waals surface area contributed by atoms with Gasteiger partial charge in [0.1, 0.15) is 0 Å². The quantitative estimate of drug-likeness (QED) is 0.504. The molecule has 0 fully saturated rings. The van der Waals surface area contributed by atoms with E-state index in [1.54, 1.807) is 43.4 Å². The standard InChI is InChI=1S/C11H11N5O2.ClH/c12-11(15-13-5-9-1-3-17-7-9)16-14-6-10-2-4-18-8-10;/h1-8H,(H3,12,15,16);1H/b13-5+,14-6+;. The molecule has 100 valence electrons. The Morgan fingerprint density at radius 3 is 2.32 bits per heavy atom. The van der Waals surface area contributed by atoms with Gasteiger partial charge < -0.3 is 14.6 Å². The molecule has 0 aromatic carbocycles. The molecule has 0 atom stereocenters. The number of hydrazone groups is 1. The fourth-order valence-electron chi connectivity index (χ4n) is 1.05. The van der Waals surface area contributed by atoms with Crippen LogP contribution in [0.2, 0.25) is 0 Å². The van der Waals surface area contributed by atoms with Gasteiger partial charge in [0.05, 0.1) is 37.5 Å². The van der Waals surface area contributed by atoms with Gasteiger partial charge in [0.25, 0.3) is 0 Å². The van der Waals surface area contributed by atoms with Crippen molar-refractivity contribution in [1.82, 2.24) is 5.43 Å². The van der Waals surface area contributed by atoms with Crippen LogP contribution < -0.4 is 11.2 Å². The van der Waals surface area contributed by atoms with E-state index in [1.807, 2.05) is 0 Å². The molecule has 7 nitrogen and oxygen atoms in total. The largest absolute Gasteiger partial charge is 0.472 e. The minimum Gasteiger partial charge on any atom is -0.472 e. The number of hydrogen-bond donors (Lipinski definition) is 2. The third-order valence-electron chi connectivity index (χ3n) is 1.85. The zero-order valence-corrected chi connectivity index (χ0v) is 10.6. The maximum absolute atomic E-state index is 5.52. The highest BCUT2D eigenvalue weighted by molar-refractivity contribution is 5.85. The summed E-state index contributed by atoms with van der Waals surface area (Å²) in [4.78, 5) is 0. The third-order valence-corrected chi connectivity index (χ3v) is 1.85. The van der Waals surface area contributed by atoms with Crippen LogP contribution in [-0.4, -0.2) is 18.4 Å². The second kappa shape index (κ2) is 7.72. The van der Waals surface area contributed by atoms with Crippen LogP contribution in [0.3, 0.4) is 0 Å². The highest BCUT2D eigenvalue weighted by Crippen LogP contribution is 1.95. The van der Waals surface area contributed by atoms with Crippen molar-refractivity contribution in [1.29, 1.82) is 0 Å². The molecule has 2 heterocycles. The summed E-state index contributed by atoms with van der Waals surface area (Å²) in [6, 6.07) is 3.51. The van der Waals surface area contributed by atoms with Gasteiger partial charge in [-0.1, -0.05) is 0 Å². The van der Waals surface area contributed by atoms with Crippen molar-refractivity contribution < 1.29 is 8.83 Å². The van der Waals surface area contributed by atoms with Crippen LogP contribution in [0.4, 0.5) is 0 Å². The fourth-order valence-corrected chi connectivity index (χ4v) is 1.05. The van der Waals surface area contributed by atoms with Gasteiger partial charge in [0.2, 0.25) is 5.96 Å². The van der Waals surface area contributed by atoms with Gasteiger partial charge in [0.15, 0.2) is 0 Å². The Morgan fingerprint density at radius 1 is 1.11 bits per heavy atom. The molecule has 2 rings (SSSR count). The lowest BCUT2D eigenvalue weighted by atomic mass is 10.4. The molecule has 0 unspecified atom stereocenters. The lowest BCUT2D eigenvalue weighted by Crippen LogP contribution is -2.26. The van der Waals surface area contributed by atoms with Gasteiger partial charge in [-0.25, -0.2) is 5.43 Å². The summed E-state index contributed by atoms with van der Waals surface area (Å²) in [5, 5.41) is 11.3. The summed E-state index contributed by atoms with van der Waals surface area (Å²) in [5.41, 5.74) is 9.65. The summed E-state index contributed by atoms with van der Waals surface area (Å²) in [5.74, 6) is 0.0782. The average Bonchev–Trinajstić information content (AvgIpc) is 3.01. The molecule has 0 saturated heterocycles. The van der Waals surface area contributed by atoms with Gasteiger partial charge in [-0.3, -0.25) is 0 Å². The number of nitrogens with two attached hydrogens (primary N) is 1. The Balaban J connectivity index is 0.00000180. The molecule has 0 saturated carbocycles. The lowest BCUT2D eigenvalue weighted by molar-refractivity contribution is 0.567. The van der Waals surface area contributed by atoms with Gasteiger partial charge in [-0.2, -0.15) is 10.2 Å². The first kappa shape index (κ1) is 14.5. The highest BCUT2D eigenvalue weighted by Gasteiger charge is 1.89. The molecule has 0 amide bonds. The molecule has 8 heteroatoms. The van der Waals surface area contributed by atoms with E-state index in [-0.39, 0.29) is 18.4 Å². The monoisotopic (exact) mass is 281 g/mol. The zero-order valence-electron chi connectivity index (χ0n) is 9.76. The summed E-state index contributed by atoms with van der Waals surface area (Å²) < 4.78 is 9.72. The van der Waals surface area contributed by atoms with E-state index in [1.165, 1.54) is 6.21 Å². The van der Waals surface area contributed by atoms with E-state index < -0.39 is 0 Å². The van der Waals surface area contributed by atoms with Crippen LogP contribution in [0, 0.1) is 0 Å². The number of halogens is 1. The Bertz CT molecular complexity index is 546. The van der Waals surface area contributed by atoms with Crippen LogP contribution >= 0.6 is 12.4 Å². The minimum atomic E-state index is 0. The second-order valence-electron chi connectivity index (χ2n) is 3.21. The molecule has 0 spiro atoms. The third kappa shape index (κ3) is 5.09. The van der Waals surface area contributed by atoms with Crippen LogP contribution in [0.25, 0.3) is 0 Å². The Morgan fingerprint density at radius 2 is 1.74 bits per heavy atom.